The lowest BCUT2D eigenvalue weighted by Crippen LogP contribution is -2.63. The number of aryl methyl sites for hydroxylation is 1. The van der Waals surface area contributed by atoms with E-state index in [0.29, 0.717) is 86.0 Å². The Hall–Kier alpha value is -5.84. The van der Waals surface area contributed by atoms with Gasteiger partial charge in [-0.2, -0.15) is 8.42 Å². The number of aliphatic hydroxyl groups is 1. The van der Waals surface area contributed by atoms with Crippen molar-refractivity contribution in [2.75, 3.05) is 32.8 Å². The van der Waals surface area contributed by atoms with Crippen molar-refractivity contribution in [2.45, 2.75) is 122 Å². The normalized spacial score (nSPS) is 22.9. The van der Waals surface area contributed by atoms with Crippen LogP contribution in [0, 0.1) is 17.3 Å². The molecule has 7 rings (SSSR count). The van der Waals surface area contributed by atoms with Crippen molar-refractivity contribution in [2.24, 2.45) is 22.4 Å². The van der Waals surface area contributed by atoms with Gasteiger partial charge in [-0.15, -0.1) is 11.8 Å². The van der Waals surface area contributed by atoms with E-state index in [9.17, 15) is 52.5 Å². The smallest absolute Gasteiger partial charge is 0.329 e. The summed E-state index contributed by atoms with van der Waals surface area (Å²) in [6.07, 6.45) is 2.31. The molecule has 3 saturated heterocycles. The summed E-state index contributed by atoms with van der Waals surface area (Å²) < 4.78 is 38.5. The van der Waals surface area contributed by atoms with Gasteiger partial charge in [0.25, 0.3) is 22.0 Å². The van der Waals surface area contributed by atoms with Crippen LogP contribution in [0.15, 0.2) is 77.3 Å². The number of ether oxygens (including phenoxy) is 2. The van der Waals surface area contributed by atoms with Crippen LogP contribution in [0.1, 0.15) is 106 Å². The molecule has 400 valence electrons. The molecule has 74 heavy (non-hydrogen) atoms. The zero-order valence-corrected chi connectivity index (χ0v) is 44.0. The number of hydrogen-bond acceptors (Lipinski definition) is 15. The molecule has 0 radical (unpaired) electrons. The molecule has 3 fully saturated rings. The molecule has 0 bridgehead atoms. The number of fused-ring (bicyclic) bond motifs is 1. The fraction of sp³-hybridized carbons (Fsp3) is 0.509. The number of Topliss-reactive ketones (excluding diaryl/α,β-unsaturated/α-hetero) is 1. The average molecular weight is 1060 g/mol. The van der Waals surface area contributed by atoms with Crippen LogP contribution in [0.4, 0.5) is 0 Å². The first kappa shape index (κ1) is 55.9. The number of nitrogens with two attached hydrogens (primary N) is 1. The Morgan fingerprint density at radius 1 is 1.01 bits per heavy atom. The van der Waals surface area contributed by atoms with Crippen molar-refractivity contribution in [3.63, 3.8) is 0 Å². The second-order valence-electron chi connectivity index (χ2n) is 20.3. The second kappa shape index (κ2) is 23.8. The Balaban J connectivity index is 0.955. The minimum absolute atomic E-state index is 0.0529. The molecular weight excluding hydrogens is 993 g/mol. The number of thioether (sulfide) groups is 1. The Kier molecular flexibility index (Phi) is 18.0. The number of nitrogens with zero attached hydrogens (tertiary/aromatic N) is 3. The summed E-state index contributed by atoms with van der Waals surface area (Å²) in [6.45, 7) is 10.3. The van der Waals surface area contributed by atoms with Crippen molar-refractivity contribution in [1.29, 1.82) is 0 Å². The summed E-state index contributed by atoms with van der Waals surface area (Å²) in [7, 11) is -3.98. The highest BCUT2D eigenvalue weighted by atomic mass is 32.2. The Morgan fingerprint density at radius 2 is 1.74 bits per heavy atom. The second-order valence-corrected chi connectivity index (χ2v) is 23.0. The molecule has 0 saturated carbocycles. The van der Waals surface area contributed by atoms with Gasteiger partial charge in [-0.3, -0.25) is 28.9 Å². The van der Waals surface area contributed by atoms with Gasteiger partial charge in [-0.25, -0.2) is 14.7 Å². The number of β-lactam (4-membered cyclic amide) rings is 1. The Labute approximate surface area is 436 Å². The molecule has 0 unspecified atom stereocenters. The number of carbonyl (C=O) groups excluding carboxylic acids is 6. The van der Waals surface area contributed by atoms with E-state index in [1.807, 2.05) is 26.0 Å². The largest absolute Gasteiger partial charge is 0.504 e. The molecule has 3 aromatic carbocycles. The molecule has 3 amide bonds. The number of esters is 1. The number of amides is 3. The van der Waals surface area contributed by atoms with Crippen LogP contribution in [0.3, 0.4) is 0 Å². The third-order valence-electron chi connectivity index (χ3n) is 14.8. The zero-order chi connectivity index (χ0) is 53.6. The summed E-state index contributed by atoms with van der Waals surface area (Å²) in [5, 5.41) is 38.4. The number of allylic oxidation sites excluding steroid dienone is 1. The predicted molar refractivity (Wildman–Crippen MR) is 275 cm³/mol. The number of aliphatic hydroxyl groups excluding tert-OH is 1. The molecule has 4 aliphatic heterocycles. The SMILES string of the molecule is CCC(C)(C)C(=O)C(=O)N1CCCC[C@H]1C(=O)O[C@H](CCc1ccc(O)c(O)c1)c1cccc(OCCNC(=O)c2ccc(CN3C[C@@H](SC4=C(C=O)N5C(=O)[C@H]([C@@H](C)O)[C@H]5[C@H]4C)C[C@H]3CNS(N)(=O)=O)cc2)c1. The number of benzene rings is 3. The summed E-state index contributed by atoms with van der Waals surface area (Å²) in [5.41, 5.74) is 1.98. The summed E-state index contributed by atoms with van der Waals surface area (Å²) in [6, 6.07) is 17.0. The number of nitrogens with one attached hydrogen (secondary N) is 2. The van der Waals surface area contributed by atoms with Crippen LogP contribution in [-0.4, -0.2) is 136 Å². The van der Waals surface area contributed by atoms with Gasteiger partial charge in [-0.1, -0.05) is 58.0 Å². The van der Waals surface area contributed by atoms with Gasteiger partial charge in [0.1, 0.15) is 24.5 Å². The molecule has 0 spiro atoms. The third kappa shape index (κ3) is 13.0. The van der Waals surface area contributed by atoms with Crippen LogP contribution in [0.5, 0.6) is 17.2 Å². The number of hydrogen-bond donors (Lipinski definition) is 6. The number of aldehydes is 1. The predicted octanol–water partition coefficient (Wildman–Crippen LogP) is 4.25. The van der Waals surface area contributed by atoms with E-state index in [4.69, 9.17) is 14.6 Å². The molecular formula is C53H68N6O13S2. The molecule has 19 nitrogen and oxygen atoms in total. The Bertz CT molecular complexity index is 2730. The number of ketones is 1. The van der Waals surface area contributed by atoms with Gasteiger partial charge in [-0.05, 0) is 105 Å². The lowest BCUT2D eigenvalue weighted by Gasteiger charge is -2.46. The van der Waals surface area contributed by atoms with Crippen LogP contribution in [0.2, 0.25) is 0 Å². The van der Waals surface area contributed by atoms with Gasteiger partial charge >= 0.3 is 5.97 Å². The van der Waals surface area contributed by atoms with Crippen molar-refractivity contribution in [3.8, 4) is 17.2 Å². The number of phenols is 2. The fourth-order valence-electron chi connectivity index (χ4n) is 10.2. The van der Waals surface area contributed by atoms with E-state index < -0.39 is 57.5 Å². The number of carbonyl (C=O) groups is 6. The van der Waals surface area contributed by atoms with Crippen LogP contribution in [-0.2, 0) is 51.9 Å². The molecule has 0 aliphatic carbocycles. The van der Waals surface area contributed by atoms with Gasteiger partial charge in [0.05, 0.1) is 30.3 Å². The maximum absolute atomic E-state index is 14.0. The molecule has 4 heterocycles. The lowest BCUT2D eigenvalue weighted by atomic mass is 9.79. The fourth-order valence-corrected chi connectivity index (χ4v) is 12.2. The molecule has 0 aromatic heterocycles. The van der Waals surface area contributed by atoms with E-state index in [-0.39, 0.29) is 79.2 Å². The van der Waals surface area contributed by atoms with Crippen LogP contribution in [0.25, 0.3) is 0 Å². The molecule has 4 aliphatic rings. The van der Waals surface area contributed by atoms with Crippen LogP contribution < -0.4 is 19.9 Å². The highest BCUT2D eigenvalue weighted by molar-refractivity contribution is 8.03. The van der Waals surface area contributed by atoms with E-state index in [1.165, 1.54) is 33.7 Å². The van der Waals surface area contributed by atoms with E-state index in [1.54, 1.807) is 63.2 Å². The molecule has 8 atom stereocenters. The van der Waals surface area contributed by atoms with E-state index in [0.717, 1.165) is 10.5 Å². The summed E-state index contributed by atoms with van der Waals surface area (Å²) in [4.78, 5) is 84.9. The maximum Gasteiger partial charge on any atom is 0.329 e. The standard InChI is InChI=1S/C53H68N6O13S2/c1-6-53(4,5)48(64)51(67)58-22-8-7-12-40(58)52(68)72-44(20-16-33-15-19-42(62)43(63)24-33)36-10-9-11-38(25-36)71-23-21-55-49(65)35-17-13-34(14-18-35)28-57-29-39(26-37(57)27-56-74(54,69)70)73-47-31(2)46-45(32(3)61)50(66)59(46)41(47)30-60/h9-11,13-15,17-19,24-25,30-32,37,39-40,44-46,56,61-63H,6-8,12,16,20-23,26-29H2,1-5H3,(H,55,65)(H2,54,69,70)/t31-,32-,37+,39+,40+,44-,45-,46-/m1/s1. The van der Waals surface area contributed by atoms with Gasteiger partial charge < -0.3 is 39.9 Å². The van der Waals surface area contributed by atoms with Gasteiger partial charge in [0.2, 0.25) is 11.7 Å². The van der Waals surface area contributed by atoms with Crippen LogP contribution >= 0.6 is 11.8 Å². The van der Waals surface area contributed by atoms with Crippen molar-refractivity contribution >= 4 is 57.7 Å². The van der Waals surface area contributed by atoms with Crippen molar-refractivity contribution in [1.82, 2.24) is 24.7 Å². The number of piperidine rings is 1. The number of phenolic OH excluding ortho intramolecular Hbond substituents is 2. The molecule has 3 aromatic rings. The average Bonchev–Trinajstić information content (AvgIpc) is 3.86. The molecule has 7 N–H and O–H groups in total. The quantitative estimate of drug-likeness (QED) is 0.0194. The lowest BCUT2D eigenvalue weighted by molar-refractivity contribution is -0.164. The van der Waals surface area contributed by atoms with Gasteiger partial charge in [0.15, 0.2) is 17.8 Å². The highest BCUT2D eigenvalue weighted by Crippen LogP contribution is 2.51. The monoisotopic (exact) mass is 1060 g/mol. The summed E-state index contributed by atoms with van der Waals surface area (Å²) >= 11 is 1.51. The van der Waals surface area contributed by atoms with Crippen molar-refractivity contribution < 1.29 is 62.0 Å². The first-order valence-corrected chi connectivity index (χ1v) is 27.6. The first-order chi connectivity index (χ1) is 35.1. The third-order valence-corrected chi connectivity index (χ3v) is 16.8. The van der Waals surface area contributed by atoms with E-state index >= 15 is 0 Å². The molecule has 21 heteroatoms. The first-order valence-electron chi connectivity index (χ1n) is 25.2. The number of likely N-dealkylation sites (tertiary alicyclic amines) is 2. The zero-order valence-electron chi connectivity index (χ0n) is 42.4. The van der Waals surface area contributed by atoms with Gasteiger partial charge in [0, 0.05) is 59.3 Å². The topological polar surface area (TPSA) is 276 Å². The summed E-state index contributed by atoms with van der Waals surface area (Å²) in [5.74, 6) is -3.36. The minimum atomic E-state index is -3.98. The highest BCUT2D eigenvalue weighted by Gasteiger charge is 2.59. The van der Waals surface area contributed by atoms with Crippen molar-refractivity contribution in [3.05, 3.63) is 99.6 Å². The Morgan fingerprint density at radius 3 is 2.42 bits per heavy atom. The number of aromatic hydroxyl groups is 2. The minimum Gasteiger partial charge on any atom is -0.504 e. The number of rotatable bonds is 23. The van der Waals surface area contributed by atoms with E-state index in [2.05, 4.69) is 14.9 Å². The maximum atomic E-state index is 14.0.